The van der Waals surface area contributed by atoms with Crippen molar-refractivity contribution in [1.82, 2.24) is 15.1 Å². The highest BCUT2D eigenvalue weighted by Gasteiger charge is 2.06. The van der Waals surface area contributed by atoms with Crippen LogP contribution in [0, 0.1) is 0 Å². The Morgan fingerprint density at radius 1 is 1.26 bits per heavy atom. The molecule has 2 rings (SSSR count). The number of hydrogen-bond donors (Lipinski definition) is 2. The fourth-order valence-corrected chi connectivity index (χ4v) is 2.03. The molecule has 2 N–H and O–H groups in total. The van der Waals surface area contributed by atoms with Crippen LogP contribution in [0.5, 0.6) is 0 Å². The minimum absolute atomic E-state index is 0.108. The van der Waals surface area contributed by atoms with Crippen LogP contribution in [-0.2, 0) is 20.1 Å². The molecule has 0 amide bonds. The van der Waals surface area contributed by atoms with Gasteiger partial charge in [-0.15, -0.1) is 0 Å². The van der Waals surface area contributed by atoms with E-state index >= 15 is 0 Å². The van der Waals surface area contributed by atoms with Gasteiger partial charge in [-0.05, 0) is 31.0 Å². The first-order valence-electron chi connectivity index (χ1n) is 6.59. The van der Waals surface area contributed by atoms with Crippen molar-refractivity contribution in [2.75, 3.05) is 6.54 Å². The van der Waals surface area contributed by atoms with Gasteiger partial charge in [0, 0.05) is 24.8 Å². The van der Waals surface area contributed by atoms with E-state index in [2.05, 4.69) is 29.5 Å². The first kappa shape index (κ1) is 13.8. The molecule has 0 saturated heterocycles. The van der Waals surface area contributed by atoms with Gasteiger partial charge < -0.3 is 10.4 Å². The Balaban J connectivity index is 1.79. The maximum atomic E-state index is 8.99. The molecule has 102 valence electrons. The minimum Gasteiger partial charge on any atom is -0.392 e. The maximum absolute atomic E-state index is 8.99. The Morgan fingerprint density at radius 3 is 2.53 bits per heavy atom. The van der Waals surface area contributed by atoms with Crippen LogP contribution in [0.4, 0.5) is 0 Å². The molecule has 1 aromatic heterocycles. The lowest BCUT2D eigenvalue weighted by Crippen LogP contribution is -2.21. The summed E-state index contributed by atoms with van der Waals surface area (Å²) < 4.78 is 1.82. The molecule has 2 aromatic rings. The van der Waals surface area contributed by atoms with Crippen LogP contribution in [0.25, 0.3) is 0 Å². The van der Waals surface area contributed by atoms with Crippen molar-refractivity contribution in [3.05, 3.63) is 53.3 Å². The van der Waals surface area contributed by atoms with E-state index in [0.717, 1.165) is 18.5 Å². The molecule has 0 fully saturated rings. The number of benzene rings is 1. The van der Waals surface area contributed by atoms with E-state index in [9.17, 15) is 0 Å². The lowest BCUT2D eigenvalue weighted by atomic mass is 10.1. The van der Waals surface area contributed by atoms with E-state index in [1.54, 1.807) is 0 Å². The second-order valence-electron chi connectivity index (χ2n) is 4.85. The zero-order chi connectivity index (χ0) is 13.7. The zero-order valence-electron chi connectivity index (χ0n) is 11.5. The quantitative estimate of drug-likeness (QED) is 0.832. The van der Waals surface area contributed by atoms with Gasteiger partial charge in [-0.1, -0.05) is 24.3 Å². The Morgan fingerprint density at radius 2 is 1.95 bits per heavy atom. The SMILES string of the molecule is CC(NCCc1ccc(CO)cc1)c1cnn(C)c1. The minimum atomic E-state index is 0.108. The monoisotopic (exact) mass is 259 g/mol. The van der Waals surface area contributed by atoms with Crippen molar-refractivity contribution in [1.29, 1.82) is 0 Å². The fourth-order valence-electron chi connectivity index (χ4n) is 2.03. The molecule has 1 heterocycles. The van der Waals surface area contributed by atoms with Gasteiger partial charge >= 0.3 is 0 Å². The van der Waals surface area contributed by atoms with Crippen LogP contribution in [0.2, 0.25) is 0 Å². The van der Waals surface area contributed by atoms with Crippen LogP contribution in [0.15, 0.2) is 36.7 Å². The number of nitrogens with zero attached hydrogens (tertiary/aromatic N) is 2. The Bertz CT molecular complexity index is 504. The summed E-state index contributed by atoms with van der Waals surface area (Å²) in [6, 6.07) is 8.40. The first-order chi connectivity index (χ1) is 9.19. The Kier molecular flexibility index (Phi) is 4.71. The molecule has 1 atom stereocenters. The van der Waals surface area contributed by atoms with Crippen LogP contribution in [-0.4, -0.2) is 21.4 Å². The number of rotatable bonds is 6. The summed E-state index contributed by atoms with van der Waals surface area (Å²) in [6.07, 6.45) is 4.91. The topological polar surface area (TPSA) is 50.1 Å². The van der Waals surface area contributed by atoms with E-state index in [1.165, 1.54) is 11.1 Å². The van der Waals surface area contributed by atoms with Gasteiger partial charge in [0.15, 0.2) is 0 Å². The Labute approximate surface area is 114 Å². The molecule has 1 aromatic carbocycles. The van der Waals surface area contributed by atoms with E-state index in [1.807, 2.05) is 36.3 Å². The molecule has 0 spiro atoms. The molecular weight excluding hydrogens is 238 g/mol. The summed E-state index contributed by atoms with van der Waals surface area (Å²) >= 11 is 0. The lowest BCUT2D eigenvalue weighted by Gasteiger charge is -2.12. The summed E-state index contributed by atoms with van der Waals surface area (Å²) in [6.45, 7) is 3.18. The summed E-state index contributed by atoms with van der Waals surface area (Å²) in [7, 11) is 1.93. The van der Waals surface area contributed by atoms with E-state index in [0.29, 0.717) is 6.04 Å². The third kappa shape index (κ3) is 3.91. The number of aromatic nitrogens is 2. The van der Waals surface area contributed by atoms with Crippen LogP contribution in [0.3, 0.4) is 0 Å². The second kappa shape index (κ2) is 6.50. The molecular formula is C15H21N3O. The van der Waals surface area contributed by atoms with E-state index < -0.39 is 0 Å². The van der Waals surface area contributed by atoms with Gasteiger partial charge in [-0.3, -0.25) is 4.68 Å². The molecule has 0 aliphatic rings. The predicted molar refractivity (Wildman–Crippen MR) is 75.7 cm³/mol. The average molecular weight is 259 g/mol. The van der Waals surface area contributed by atoms with Crippen molar-refractivity contribution in [3.63, 3.8) is 0 Å². The van der Waals surface area contributed by atoms with Crippen molar-refractivity contribution >= 4 is 0 Å². The first-order valence-corrected chi connectivity index (χ1v) is 6.59. The van der Waals surface area contributed by atoms with Gasteiger partial charge in [0.1, 0.15) is 0 Å². The largest absolute Gasteiger partial charge is 0.392 e. The maximum Gasteiger partial charge on any atom is 0.0681 e. The molecule has 0 radical (unpaired) electrons. The number of aliphatic hydroxyl groups excluding tert-OH is 1. The Hall–Kier alpha value is -1.65. The number of aliphatic hydroxyl groups is 1. The fraction of sp³-hybridized carbons (Fsp3) is 0.400. The van der Waals surface area contributed by atoms with Crippen molar-refractivity contribution in [3.8, 4) is 0 Å². The predicted octanol–water partition coefficient (Wildman–Crippen LogP) is 1.81. The molecule has 4 nitrogen and oxygen atoms in total. The van der Waals surface area contributed by atoms with Gasteiger partial charge in [-0.25, -0.2) is 0 Å². The van der Waals surface area contributed by atoms with Crippen molar-refractivity contribution in [2.24, 2.45) is 7.05 Å². The van der Waals surface area contributed by atoms with Crippen LogP contribution >= 0.6 is 0 Å². The molecule has 0 aliphatic carbocycles. The molecule has 0 aliphatic heterocycles. The molecule has 1 unspecified atom stereocenters. The van der Waals surface area contributed by atoms with Crippen LogP contribution in [0.1, 0.15) is 29.7 Å². The zero-order valence-corrected chi connectivity index (χ0v) is 11.5. The number of nitrogens with one attached hydrogen (secondary N) is 1. The van der Waals surface area contributed by atoms with Gasteiger partial charge in [0.05, 0.1) is 12.8 Å². The lowest BCUT2D eigenvalue weighted by molar-refractivity contribution is 0.282. The molecule has 4 heteroatoms. The highest BCUT2D eigenvalue weighted by molar-refractivity contribution is 5.22. The standard InChI is InChI=1S/C15H21N3O/c1-12(15-9-17-18(2)10-15)16-8-7-13-3-5-14(11-19)6-4-13/h3-6,9-10,12,16,19H,7-8,11H2,1-2H3. The summed E-state index contributed by atoms with van der Waals surface area (Å²) in [5, 5.41) is 16.6. The molecule has 19 heavy (non-hydrogen) atoms. The van der Waals surface area contributed by atoms with Gasteiger partial charge in [-0.2, -0.15) is 5.10 Å². The number of hydrogen-bond acceptors (Lipinski definition) is 3. The summed E-state index contributed by atoms with van der Waals surface area (Å²) in [5.41, 5.74) is 3.45. The third-order valence-electron chi connectivity index (χ3n) is 3.29. The summed E-state index contributed by atoms with van der Waals surface area (Å²) in [5.74, 6) is 0. The third-order valence-corrected chi connectivity index (χ3v) is 3.29. The normalized spacial score (nSPS) is 12.6. The van der Waals surface area contributed by atoms with E-state index in [4.69, 9.17) is 5.11 Å². The van der Waals surface area contributed by atoms with Crippen molar-refractivity contribution in [2.45, 2.75) is 26.0 Å². The molecule has 0 bridgehead atoms. The smallest absolute Gasteiger partial charge is 0.0681 e. The van der Waals surface area contributed by atoms with Gasteiger partial charge in [0.2, 0.25) is 0 Å². The van der Waals surface area contributed by atoms with Crippen molar-refractivity contribution < 1.29 is 5.11 Å². The highest BCUT2D eigenvalue weighted by atomic mass is 16.3. The van der Waals surface area contributed by atoms with E-state index in [-0.39, 0.29) is 6.61 Å². The average Bonchev–Trinajstić information content (AvgIpc) is 2.86. The highest BCUT2D eigenvalue weighted by Crippen LogP contribution is 2.10. The summed E-state index contributed by atoms with van der Waals surface area (Å²) in [4.78, 5) is 0. The number of aryl methyl sites for hydroxylation is 1. The second-order valence-corrected chi connectivity index (χ2v) is 4.85. The van der Waals surface area contributed by atoms with Crippen LogP contribution < -0.4 is 5.32 Å². The van der Waals surface area contributed by atoms with Gasteiger partial charge in [0.25, 0.3) is 0 Å². The molecule has 0 saturated carbocycles.